The maximum atomic E-state index is 12.7. The summed E-state index contributed by atoms with van der Waals surface area (Å²) in [6.07, 6.45) is 3.18. The van der Waals surface area contributed by atoms with Crippen molar-refractivity contribution in [1.82, 2.24) is 9.80 Å². The van der Waals surface area contributed by atoms with Crippen molar-refractivity contribution in [3.8, 4) is 5.75 Å². The number of likely N-dealkylation sites (tertiary alicyclic amines) is 1. The zero-order valence-electron chi connectivity index (χ0n) is 19.5. The summed E-state index contributed by atoms with van der Waals surface area (Å²) in [6, 6.07) is 14.3. The van der Waals surface area contributed by atoms with Gasteiger partial charge in [0, 0.05) is 36.6 Å². The van der Waals surface area contributed by atoms with E-state index in [-0.39, 0.29) is 35.7 Å². The van der Waals surface area contributed by atoms with Gasteiger partial charge in [0.1, 0.15) is 5.75 Å². The summed E-state index contributed by atoms with van der Waals surface area (Å²) >= 11 is 1.06. The molecule has 0 spiro atoms. The minimum atomic E-state index is -0.293. The monoisotopic (exact) mass is 469 g/mol. The summed E-state index contributed by atoms with van der Waals surface area (Å²) in [4.78, 5) is 41.5. The van der Waals surface area contributed by atoms with Gasteiger partial charge in [-0.2, -0.15) is 0 Å². The number of rotatable bonds is 6. The molecule has 33 heavy (non-hydrogen) atoms. The largest absolute Gasteiger partial charge is 0.484 e. The number of carbonyl (C=O) groups is 3. The van der Waals surface area contributed by atoms with Crippen molar-refractivity contribution in [2.45, 2.75) is 50.1 Å². The molecule has 3 amide bonds. The van der Waals surface area contributed by atoms with Crippen LogP contribution < -0.4 is 10.1 Å². The van der Waals surface area contributed by atoms with E-state index < -0.39 is 0 Å². The summed E-state index contributed by atoms with van der Waals surface area (Å²) in [7, 11) is 3.36. The van der Waals surface area contributed by atoms with Crippen LogP contribution in [0.1, 0.15) is 43.5 Å². The summed E-state index contributed by atoms with van der Waals surface area (Å²) < 4.78 is 5.69. The normalized spacial score (nSPS) is 17.9. The van der Waals surface area contributed by atoms with Crippen molar-refractivity contribution in [3.05, 3.63) is 54.1 Å². The van der Waals surface area contributed by atoms with Gasteiger partial charge in [0.15, 0.2) is 6.61 Å². The smallest absolute Gasteiger partial charge is 0.286 e. The van der Waals surface area contributed by atoms with E-state index in [1.54, 1.807) is 56.6 Å². The molecule has 2 aromatic carbocycles. The van der Waals surface area contributed by atoms with Crippen molar-refractivity contribution < 1.29 is 19.1 Å². The fourth-order valence-electron chi connectivity index (χ4n) is 3.87. The molecule has 0 aromatic heterocycles. The highest BCUT2D eigenvalue weighted by atomic mass is 32.2. The van der Waals surface area contributed by atoms with E-state index in [0.29, 0.717) is 21.9 Å². The van der Waals surface area contributed by atoms with E-state index in [0.717, 1.165) is 31.0 Å². The third-order valence-electron chi connectivity index (χ3n) is 5.66. The number of benzene rings is 2. The number of thioether (sulfide) groups is 1. The SMILES string of the molecule is CC1CCCC(C)N1C(=O)COc1ccc(C(=O)Nc2ccccc2SC(=O)N(C)C)cc1. The molecule has 3 rings (SSSR count). The number of carbonyl (C=O) groups excluding carboxylic acids is 3. The van der Waals surface area contributed by atoms with Crippen LogP contribution in [0.5, 0.6) is 5.75 Å². The first-order valence-electron chi connectivity index (χ1n) is 11.1. The number of ether oxygens (including phenoxy) is 1. The van der Waals surface area contributed by atoms with E-state index in [1.165, 1.54) is 4.90 Å². The van der Waals surface area contributed by atoms with E-state index >= 15 is 0 Å². The van der Waals surface area contributed by atoms with Gasteiger partial charge in [-0.15, -0.1) is 0 Å². The molecule has 2 aromatic rings. The summed E-state index contributed by atoms with van der Waals surface area (Å²) in [5, 5.41) is 2.74. The minimum absolute atomic E-state index is 0.0158. The first-order valence-corrected chi connectivity index (χ1v) is 11.9. The molecular formula is C25H31N3O4S. The highest BCUT2D eigenvalue weighted by molar-refractivity contribution is 8.13. The number of nitrogens with zero attached hydrogens (tertiary/aromatic N) is 2. The molecule has 1 saturated heterocycles. The lowest BCUT2D eigenvalue weighted by atomic mass is 9.97. The van der Waals surface area contributed by atoms with Crippen molar-refractivity contribution in [3.63, 3.8) is 0 Å². The molecular weight excluding hydrogens is 438 g/mol. The van der Waals surface area contributed by atoms with Crippen molar-refractivity contribution in [2.75, 3.05) is 26.0 Å². The number of amides is 3. The number of anilines is 1. The van der Waals surface area contributed by atoms with Crippen LogP contribution in [0.4, 0.5) is 10.5 Å². The number of piperidine rings is 1. The first-order chi connectivity index (χ1) is 15.8. The van der Waals surface area contributed by atoms with Gasteiger partial charge in [-0.05, 0) is 81.3 Å². The fourth-order valence-corrected chi connectivity index (χ4v) is 4.62. The molecule has 0 radical (unpaired) electrons. The lowest BCUT2D eigenvalue weighted by Crippen LogP contribution is -2.49. The Balaban J connectivity index is 1.59. The number of nitrogens with one attached hydrogen (secondary N) is 1. The van der Waals surface area contributed by atoms with Crippen LogP contribution in [0.2, 0.25) is 0 Å². The average Bonchev–Trinajstić information content (AvgIpc) is 2.79. The number of para-hydroxylation sites is 1. The van der Waals surface area contributed by atoms with Crippen LogP contribution in [0.25, 0.3) is 0 Å². The lowest BCUT2D eigenvalue weighted by molar-refractivity contribution is -0.139. The molecule has 1 aliphatic heterocycles. The predicted molar refractivity (Wildman–Crippen MR) is 131 cm³/mol. The second-order valence-electron chi connectivity index (χ2n) is 8.46. The molecule has 176 valence electrons. The van der Waals surface area contributed by atoms with E-state index in [9.17, 15) is 14.4 Å². The molecule has 1 fully saturated rings. The van der Waals surface area contributed by atoms with Crippen LogP contribution in [-0.2, 0) is 4.79 Å². The van der Waals surface area contributed by atoms with Gasteiger partial charge in [-0.25, -0.2) is 0 Å². The summed E-state index contributed by atoms with van der Waals surface area (Å²) in [5.74, 6) is 0.224. The van der Waals surface area contributed by atoms with Crippen LogP contribution >= 0.6 is 11.8 Å². The molecule has 1 heterocycles. The molecule has 0 aliphatic carbocycles. The topological polar surface area (TPSA) is 79.0 Å². The van der Waals surface area contributed by atoms with Gasteiger partial charge >= 0.3 is 0 Å². The summed E-state index contributed by atoms with van der Waals surface area (Å²) in [6.45, 7) is 4.13. The molecule has 1 N–H and O–H groups in total. The third kappa shape index (κ3) is 6.51. The highest BCUT2D eigenvalue weighted by Crippen LogP contribution is 2.29. The van der Waals surface area contributed by atoms with E-state index in [2.05, 4.69) is 19.2 Å². The van der Waals surface area contributed by atoms with Gasteiger partial charge in [-0.1, -0.05) is 12.1 Å². The van der Waals surface area contributed by atoms with Gasteiger partial charge < -0.3 is 19.9 Å². The second kappa shape index (κ2) is 11.2. The molecule has 2 unspecified atom stereocenters. The Morgan fingerprint density at radius 1 is 1.03 bits per heavy atom. The quantitative estimate of drug-likeness (QED) is 0.610. The zero-order chi connectivity index (χ0) is 24.0. The van der Waals surface area contributed by atoms with Crippen LogP contribution in [0.15, 0.2) is 53.4 Å². The Kier molecular flexibility index (Phi) is 8.38. The Bertz CT molecular complexity index is 983. The average molecular weight is 470 g/mol. The Morgan fingerprint density at radius 2 is 1.67 bits per heavy atom. The summed E-state index contributed by atoms with van der Waals surface area (Å²) in [5.41, 5.74) is 1.02. The van der Waals surface area contributed by atoms with Crippen molar-refractivity contribution >= 4 is 34.5 Å². The zero-order valence-corrected chi connectivity index (χ0v) is 20.4. The third-order valence-corrected chi connectivity index (χ3v) is 6.77. The van der Waals surface area contributed by atoms with Crippen LogP contribution in [-0.4, -0.2) is 59.6 Å². The molecule has 8 heteroatoms. The van der Waals surface area contributed by atoms with Crippen molar-refractivity contribution in [2.24, 2.45) is 0 Å². The van der Waals surface area contributed by atoms with Gasteiger partial charge in [-0.3, -0.25) is 14.4 Å². The van der Waals surface area contributed by atoms with Gasteiger partial charge in [0.25, 0.3) is 17.1 Å². The first kappa shape index (κ1) is 24.6. The van der Waals surface area contributed by atoms with E-state index in [4.69, 9.17) is 4.74 Å². The maximum Gasteiger partial charge on any atom is 0.286 e. The van der Waals surface area contributed by atoms with Gasteiger partial charge in [0.05, 0.1) is 5.69 Å². The second-order valence-corrected chi connectivity index (χ2v) is 9.45. The molecule has 7 nitrogen and oxygen atoms in total. The fraction of sp³-hybridized carbons (Fsp3) is 0.400. The number of hydrogen-bond donors (Lipinski definition) is 1. The molecule has 0 bridgehead atoms. The van der Waals surface area contributed by atoms with E-state index in [1.807, 2.05) is 11.0 Å². The molecule has 1 aliphatic rings. The Hall–Kier alpha value is -3.00. The number of hydrogen-bond acceptors (Lipinski definition) is 5. The minimum Gasteiger partial charge on any atom is -0.484 e. The Labute approximate surface area is 199 Å². The predicted octanol–water partition coefficient (Wildman–Crippen LogP) is 4.88. The standard InChI is InChI=1S/C25H31N3O4S/c1-17-8-7-9-18(2)28(17)23(29)16-32-20-14-12-19(13-15-20)24(30)26-21-10-5-6-11-22(21)33-25(31)27(3)4/h5-6,10-15,17-18H,7-9,16H2,1-4H3,(H,26,30). The van der Waals surface area contributed by atoms with Gasteiger partial charge in [0.2, 0.25) is 0 Å². The molecule has 2 atom stereocenters. The Morgan fingerprint density at radius 3 is 2.30 bits per heavy atom. The maximum absolute atomic E-state index is 12.7. The van der Waals surface area contributed by atoms with Crippen molar-refractivity contribution in [1.29, 1.82) is 0 Å². The van der Waals surface area contributed by atoms with Crippen LogP contribution in [0, 0.1) is 0 Å². The lowest BCUT2D eigenvalue weighted by Gasteiger charge is -2.38. The highest BCUT2D eigenvalue weighted by Gasteiger charge is 2.29. The molecule has 0 saturated carbocycles. The van der Waals surface area contributed by atoms with Crippen LogP contribution in [0.3, 0.4) is 0 Å².